The molecule has 6 nitrogen and oxygen atoms in total. The number of hydrogen-bond acceptors (Lipinski definition) is 5. The number of carboxylic acids is 1. The first kappa shape index (κ1) is 13.2. The SMILES string of the molecule is CCc1occc1-c1nnc(SCC(=O)O)n1C1CC1. The van der Waals surface area contributed by atoms with Gasteiger partial charge < -0.3 is 9.52 Å². The number of thioether (sulfide) groups is 1. The van der Waals surface area contributed by atoms with Crippen LogP contribution in [0.3, 0.4) is 0 Å². The number of carboxylic acid groups (broad SMARTS) is 1. The number of furan rings is 1. The summed E-state index contributed by atoms with van der Waals surface area (Å²) in [5, 5.41) is 17.9. The third kappa shape index (κ3) is 2.45. The first-order valence-electron chi connectivity index (χ1n) is 6.57. The van der Waals surface area contributed by atoms with E-state index in [1.54, 1.807) is 6.26 Å². The molecule has 3 rings (SSSR count). The first-order valence-corrected chi connectivity index (χ1v) is 7.55. The van der Waals surface area contributed by atoms with Crippen molar-refractivity contribution in [2.45, 2.75) is 37.4 Å². The van der Waals surface area contributed by atoms with Gasteiger partial charge in [0.25, 0.3) is 0 Å². The van der Waals surface area contributed by atoms with Crippen LogP contribution in [0.25, 0.3) is 11.4 Å². The van der Waals surface area contributed by atoms with Crippen molar-refractivity contribution in [1.82, 2.24) is 14.8 Å². The maximum atomic E-state index is 10.7. The van der Waals surface area contributed by atoms with Gasteiger partial charge in [-0.2, -0.15) is 0 Å². The Morgan fingerprint density at radius 3 is 3.00 bits per heavy atom. The van der Waals surface area contributed by atoms with Crippen LogP contribution in [-0.4, -0.2) is 31.6 Å². The molecule has 7 heteroatoms. The summed E-state index contributed by atoms with van der Waals surface area (Å²) in [5.74, 6) is 0.816. The van der Waals surface area contributed by atoms with Gasteiger partial charge in [-0.05, 0) is 18.9 Å². The molecule has 0 atom stereocenters. The molecule has 106 valence electrons. The summed E-state index contributed by atoms with van der Waals surface area (Å²) in [6.07, 6.45) is 4.62. The Morgan fingerprint density at radius 2 is 2.35 bits per heavy atom. The molecule has 0 unspecified atom stereocenters. The zero-order chi connectivity index (χ0) is 14.1. The Morgan fingerprint density at radius 1 is 1.55 bits per heavy atom. The minimum Gasteiger partial charge on any atom is -0.481 e. The molecule has 1 N–H and O–H groups in total. The number of rotatable bonds is 6. The molecule has 0 amide bonds. The molecule has 0 spiro atoms. The van der Waals surface area contributed by atoms with E-state index in [0.29, 0.717) is 11.2 Å². The molecule has 0 aromatic carbocycles. The van der Waals surface area contributed by atoms with Crippen molar-refractivity contribution >= 4 is 17.7 Å². The van der Waals surface area contributed by atoms with Gasteiger partial charge in [0.15, 0.2) is 11.0 Å². The Hall–Kier alpha value is -1.76. The monoisotopic (exact) mass is 293 g/mol. The molecule has 20 heavy (non-hydrogen) atoms. The third-order valence-electron chi connectivity index (χ3n) is 3.21. The molecular formula is C13H15N3O3S. The van der Waals surface area contributed by atoms with Gasteiger partial charge in [0.1, 0.15) is 5.76 Å². The minimum atomic E-state index is -0.848. The van der Waals surface area contributed by atoms with Crippen LogP contribution in [0.5, 0.6) is 0 Å². The molecule has 0 radical (unpaired) electrons. The second-order valence-corrected chi connectivity index (χ2v) is 5.64. The summed E-state index contributed by atoms with van der Waals surface area (Å²) in [6.45, 7) is 2.03. The highest BCUT2D eigenvalue weighted by atomic mass is 32.2. The minimum absolute atomic E-state index is 0.00310. The van der Waals surface area contributed by atoms with E-state index in [-0.39, 0.29) is 5.75 Å². The zero-order valence-electron chi connectivity index (χ0n) is 11.1. The van der Waals surface area contributed by atoms with Gasteiger partial charge in [-0.1, -0.05) is 18.7 Å². The number of aliphatic carboxylic acids is 1. The molecule has 0 bridgehead atoms. The normalized spacial score (nSPS) is 14.7. The van der Waals surface area contributed by atoms with E-state index in [1.165, 1.54) is 11.8 Å². The standard InChI is InChI=1S/C13H15N3O3S/c1-2-10-9(5-6-19-10)12-14-15-13(20-7-11(17)18)16(12)8-3-4-8/h5-6,8H,2-4,7H2,1H3,(H,17,18). The lowest BCUT2D eigenvalue weighted by molar-refractivity contribution is -0.133. The lowest BCUT2D eigenvalue weighted by atomic mass is 10.2. The maximum absolute atomic E-state index is 10.7. The number of nitrogens with zero attached hydrogens (tertiary/aromatic N) is 3. The smallest absolute Gasteiger partial charge is 0.313 e. The van der Waals surface area contributed by atoms with Gasteiger partial charge >= 0.3 is 5.97 Å². The summed E-state index contributed by atoms with van der Waals surface area (Å²) in [5.41, 5.74) is 0.953. The van der Waals surface area contributed by atoms with Gasteiger partial charge in [0.2, 0.25) is 0 Å². The number of aromatic nitrogens is 3. The van der Waals surface area contributed by atoms with Crippen molar-refractivity contribution in [3.8, 4) is 11.4 Å². The van der Waals surface area contributed by atoms with E-state index in [0.717, 1.165) is 36.4 Å². The summed E-state index contributed by atoms with van der Waals surface area (Å²) in [6, 6.07) is 2.28. The van der Waals surface area contributed by atoms with Crippen LogP contribution in [0, 0.1) is 0 Å². The zero-order valence-corrected chi connectivity index (χ0v) is 11.9. The topological polar surface area (TPSA) is 81.2 Å². The lowest BCUT2D eigenvalue weighted by Gasteiger charge is -2.07. The van der Waals surface area contributed by atoms with Crippen LogP contribution in [0.2, 0.25) is 0 Å². The van der Waals surface area contributed by atoms with Gasteiger partial charge in [-0.3, -0.25) is 9.36 Å². The average molecular weight is 293 g/mol. The predicted molar refractivity (Wildman–Crippen MR) is 73.7 cm³/mol. The van der Waals surface area contributed by atoms with E-state index in [2.05, 4.69) is 14.8 Å². The highest BCUT2D eigenvalue weighted by Crippen LogP contribution is 2.41. The molecule has 1 aliphatic rings. The van der Waals surface area contributed by atoms with E-state index in [4.69, 9.17) is 9.52 Å². The first-order chi connectivity index (χ1) is 9.70. The Kier molecular flexibility index (Phi) is 3.52. The number of carbonyl (C=O) groups is 1. The van der Waals surface area contributed by atoms with Gasteiger partial charge in [0.05, 0.1) is 17.6 Å². The van der Waals surface area contributed by atoms with Crippen molar-refractivity contribution in [1.29, 1.82) is 0 Å². The van der Waals surface area contributed by atoms with Crippen molar-refractivity contribution in [3.63, 3.8) is 0 Å². The van der Waals surface area contributed by atoms with Crippen molar-refractivity contribution in [3.05, 3.63) is 18.1 Å². The molecule has 0 aliphatic heterocycles. The fourth-order valence-electron chi connectivity index (χ4n) is 2.16. The molecule has 0 saturated heterocycles. The van der Waals surface area contributed by atoms with Crippen LogP contribution in [0.15, 0.2) is 21.9 Å². The van der Waals surface area contributed by atoms with Gasteiger partial charge in [-0.25, -0.2) is 0 Å². The van der Waals surface area contributed by atoms with E-state index >= 15 is 0 Å². The summed E-state index contributed by atoms with van der Waals surface area (Å²) in [7, 11) is 0. The summed E-state index contributed by atoms with van der Waals surface area (Å²) >= 11 is 1.21. The average Bonchev–Trinajstić information content (AvgIpc) is 3.02. The third-order valence-corrected chi connectivity index (χ3v) is 4.14. The lowest BCUT2D eigenvalue weighted by Crippen LogP contribution is -2.03. The Labute approximate surface area is 120 Å². The second-order valence-electron chi connectivity index (χ2n) is 4.70. The van der Waals surface area contributed by atoms with E-state index in [9.17, 15) is 4.79 Å². The van der Waals surface area contributed by atoms with Crippen LogP contribution in [0.1, 0.15) is 31.6 Å². The quantitative estimate of drug-likeness (QED) is 0.824. The fraction of sp³-hybridized carbons (Fsp3) is 0.462. The van der Waals surface area contributed by atoms with Gasteiger partial charge in [0, 0.05) is 12.5 Å². The van der Waals surface area contributed by atoms with E-state index < -0.39 is 5.97 Å². The van der Waals surface area contributed by atoms with Crippen LogP contribution < -0.4 is 0 Å². The molecule has 2 aromatic rings. The molecule has 1 aliphatic carbocycles. The molecule has 1 saturated carbocycles. The summed E-state index contributed by atoms with van der Waals surface area (Å²) < 4.78 is 7.50. The molecule has 2 aromatic heterocycles. The summed E-state index contributed by atoms with van der Waals surface area (Å²) in [4.78, 5) is 10.7. The second kappa shape index (κ2) is 5.32. The van der Waals surface area contributed by atoms with Crippen molar-refractivity contribution < 1.29 is 14.3 Å². The van der Waals surface area contributed by atoms with Gasteiger partial charge in [-0.15, -0.1) is 10.2 Å². The maximum Gasteiger partial charge on any atom is 0.313 e. The number of aryl methyl sites for hydroxylation is 1. The largest absolute Gasteiger partial charge is 0.481 e. The van der Waals surface area contributed by atoms with Crippen LogP contribution in [0.4, 0.5) is 0 Å². The highest BCUT2D eigenvalue weighted by Gasteiger charge is 2.31. The van der Waals surface area contributed by atoms with Crippen LogP contribution in [-0.2, 0) is 11.2 Å². The van der Waals surface area contributed by atoms with E-state index in [1.807, 2.05) is 13.0 Å². The Bertz CT molecular complexity index is 631. The highest BCUT2D eigenvalue weighted by molar-refractivity contribution is 7.99. The molecule has 2 heterocycles. The number of hydrogen-bond donors (Lipinski definition) is 1. The fourth-order valence-corrected chi connectivity index (χ4v) is 2.89. The van der Waals surface area contributed by atoms with Crippen LogP contribution >= 0.6 is 11.8 Å². The molecular weight excluding hydrogens is 278 g/mol. The van der Waals surface area contributed by atoms with Crippen molar-refractivity contribution in [2.24, 2.45) is 0 Å². The van der Waals surface area contributed by atoms with Crippen molar-refractivity contribution in [2.75, 3.05) is 5.75 Å². The Balaban J connectivity index is 1.97. The molecule has 1 fully saturated rings. The predicted octanol–water partition coefficient (Wildman–Crippen LogP) is 2.61.